The van der Waals surface area contributed by atoms with E-state index < -0.39 is 0 Å². The molecule has 1 aromatic rings. The van der Waals surface area contributed by atoms with E-state index in [-0.39, 0.29) is 31.2 Å². The molecule has 0 saturated carbocycles. The van der Waals surface area contributed by atoms with E-state index in [2.05, 4.69) is 17.0 Å². The summed E-state index contributed by atoms with van der Waals surface area (Å²) >= 11 is 0. The van der Waals surface area contributed by atoms with E-state index >= 15 is 0 Å². The van der Waals surface area contributed by atoms with Gasteiger partial charge in [-0.2, -0.15) is 0 Å². The minimum Gasteiger partial charge on any atom is -0.394 e. The Balaban J connectivity index is 1.83. The minimum absolute atomic E-state index is 0.0224. The van der Waals surface area contributed by atoms with E-state index in [1.54, 1.807) is 0 Å². The molecule has 84 valence electrons. The van der Waals surface area contributed by atoms with Gasteiger partial charge >= 0.3 is 0 Å². The second-order valence-electron chi connectivity index (χ2n) is 4.54. The van der Waals surface area contributed by atoms with Crippen molar-refractivity contribution in [3.05, 3.63) is 35.4 Å². The number of aliphatic hydroxyl groups is 1. The highest BCUT2D eigenvalue weighted by Crippen LogP contribution is 2.52. The fourth-order valence-corrected chi connectivity index (χ4v) is 3.07. The van der Waals surface area contributed by atoms with Crippen molar-refractivity contribution in [2.45, 2.75) is 24.6 Å². The van der Waals surface area contributed by atoms with E-state index in [4.69, 9.17) is 9.47 Å². The van der Waals surface area contributed by atoms with Crippen LogP contribution in [0, 0.1) is 0 Å². The second kappa shape index (κ2) is 3.05. The summed E-state index contributed by atoms with van der Waals surface area (Å²) in [5.41, 5.74) is 2.40. The molecular formula is C12H13NO3. The van der Waals surface area contributed by atoms with Crippen molar-refractivity contribution in [3.63, 3.8) is 0 Å². The van der Waals surface area contributed by atoms with Crippen LogP contribution in [0.3, 0.4) is 0 Å². The first-order valence-electron chi connectivity index (χ1n) is 5.64. The molecule has 0 aromatic heterocycles. The Bertz CT molecular complexity index is 436. The monoisotopic (exact) mass is 219 g/mol. The number of fused-ring (bicyclic) bond motifs is 3. The number of nitrogens with zero attached hydrogens (tertiary/aromatic N) is 1. The lowest BCUT2D eigenvalue weighted by Crippen LogP contribution is -2.33. The molecule has 4 unspecified atom stereocenters. The van der Waals surface area contributed by atoms with E-state index in [0.29, 0.717) is 6.61 Å². The molecule has 3 heterocycles. The van der Waals surface area contributed by atoms with Crippen LogP contribution in [0.25, 0.3) is 0 Å². The molecular weight excluding hydrogens is 206 g/mol. The molecule has 4 rings (SSSR count). The summed E-state index contributed by atoms with van der Waals surface area (Å²) in [5.74, 6) is 0. The van der Waals surface area contributed by atoms with Crippen LogP contribution in [0.5, 0.6) is 0 Å². The van der Waals surface area contributed by atoms with Crippen molar-refractivity contribution in [2.24, 2.45) is 0 Å². The smallest absolute Gasteiger partial charge is 0.140 e. The molecule has 2 fully saturated rings. The zero-order valence-corrected chi connectivity index (χ0v) is 8.74. The third kappa shape index (κ3) is 0.936. The Morgan fingerprint density at radius 3 is 2.75 bits per heavy atom. The summed E-state index contributed by atoms with van der Waals surface area (Å²) in [6, 6.07) is 8.43. The van der Waals surface area contributed by atoms with Crippen LogP contribution >= 0.6 is 0 Å². The highest BCUT2D eigenvalue weighted by molar-refractivity contribution is 5.37. The van der Waals surface area contributed by atoms with Crippen LogP contribution in [0.1, 0.15) is 23.6 Å². The molecule has 0 bridgehead atoms. The Morgan fingerprint density at radius 1 is 1.25 bits per heavy atom. The van der Waals surface area contributed by atoms with E-state index in [9.17, 15) is 5.11 Å². The fraction of sp³-hybridized carbons (Fsp3) is 0.500. The van der Waals surface area contributed by atoms with Crippen LogP contribution in [-0.4, -0.2) is 35.4 Å². The lowest BCUT2D eigenvalue weighted by atomic mass is 10.1. The molecule has 4 heteroatoms. The number of ether oxygens (including phenoxy) is 2. The maximum Gasteiger partial charge on any atom is 0.140 e. The number of aliphatic hydroxyl groups excluding tert-OH is 1. The lowest BCUT2D eigenvalue weighted by Gasteiger charge is -2.16. The van der Waals surface area contributed by atoms with Gasteiger partial charge < -0.3 is 14.6 Å². The summed E-state index contributed by atoms with van der Waals surface area (Å²) in [4.78, 5) is 2.24. The molecule has 0 aliphatic carbocycles. The highest BCUT2D eigenvalue weighted by atomic mass is 16.6. The van der Waals surface area contributed by atoms with Gasteiger partial charge in [-0.3, -0.25) is 0 Å². The Kier molecular flexibility index (Phi) is 1.74. The molecule has 4 atom stereocenters. The summed E-state index contributed by atoms with van der Waals surface area (Å²) in [6.45, 7) is 0.719. The predicted octanol–water partition coefficient (Wildman–Crippen LogP) is 0.789. The van der Waals surface area contributed by atoms with Crippen molar-refractivity contribution in [3.8, 4) is 0 Å². The Hall–Kier alpha value is -0.940. The van der Waals surface area contributed by atoms with Gasteiger partial charge in [-0.05, 0) is 0 Å². The standard InChI is InChI=1S/C12H13NO3/c14-5-10-9-6-15-11-7-3-1-2-4-8(7)12(16-10)13(9)11/h1-4,9-12,14H,5-6H2. The number of hydrogen-bond acceptors (Lipinski definition) is 4. The van der Waals surface area contributed by atoms with Crippen LogP contribution in [0.15, 0.2) is 24.3 Å². The number of rotatable bonds is 1. The van der Waals surface area contributed by atoms with Crippen molar-refractivity contribution >= 4 is 0 Å². The van der Waals surface area contributed by atoms with Gasteiger partial charge in [0.15, 0.2) is 0 Å². The van der Waals surface area contributed by atoms with Crippen LogP contribution in [0.2, 0.25) is 0 Å². The van der Waals surface area contributed by atoms with Crippen LogP contribution in [0.4, 0.5) is 0 Å². The SMILES string of the molecule is OCC1OC2c3ccccc3C3OCC1N32. The van der Waals surface area contributed by atoms with Gasteiger partial charge in [-0.15, -0.1) is 0 Å². The van der Waals surface area contributed by atoms with Crippen LogP contribution in [-0.2, 0) is 9.47 Å². The largest absolute Gasteiger partial charge is 0.394 e. The third-order valence-corrected chi connectivity index (χ3v) is 3.79. The zero-order chi connectivity index (χ0) is 10.7. The highest BCUT2D eigenvalue weighted by Gasteiger charge is 2.55. The van der Waals surface area contributed by atoms with Gasteiger partial charge in [0, 0.05) is 11.1 Å². The first kappa shape index (κ1) is 9.13. The summed E-state index contributed by atoms with van der Waals surface area (Å²) in [5, 5.41) is 9.28. The number of benzene rings is 1. The van der Waals surface area contributed by atoms with Gasteiger partial charge in [0.05, 0.1) is 19.3 Å². The second-order valence-corrected chi connectivity index (χ2v) is 4.54. The van der Waals surface area contributed by atoms with Crippen molar-refractivity contribution in [1.29, 1.82) is 0 Å². The van der Waals surface area contributed by atoms with Gasteiger partial charge in [0.1, 0.15) is 18.6 Å². The summed E-state index contributed by atoms with van der Waals surface area (Å²) in [6.07, 6.45) is -0.100. The van der Waals surface area contributed by atoms with Crippen molar-refractivity contribution < 1.29 is 14.6 Å². The molecule has 3 aliphatic rings. The third-order valence-electron chi connectivity index (χ3n) is 3.79. The van der Waals surface area contributed by atoms with E-state index in [1.807, 2.05) is 12.1 Å². The molecule has 0 amide bonds. The molecule has 2 saturated heterocycles. The predicted molar refractivity (Wildman–Crippen MR) is 55.5 cm³/mol. The zero-order valence-electron chi connectivity index (χ0n) is 8.74. The first-order chi connectivity index (χ1) is 7.90. The average molecular weight is 219 g/mol. The van der Waals surface area contributed by atoms with Crippen molar-refractivity contribution in [1.82, 2.24) is 4.90 Å². The van der Waals surface area contributed by atoms with Gasteiger partial charge in [-0.1, -0.05) is 24.3 Å². The molecule has 1 N–H and O–H groups in total. The fourth-order valence-electron chi connectivity index (χ4n) is 3.07. The summed E-state index contributed by atoms with van der Waals surface area (Å²) < 4.78 is 11.7. The van der Waals surface area contributed by atoms with Gasteiger partial charge in [-0.25, -0.2) is 4.90 Å². The Morgan fingerprint density at radius 2 is 2.00 bits per heavy atom. The molecule has 0 spiro atoms. The molecule has 0 radical (unpaired) electrons. The van der Waals surface area contributed by atoms with Gasteiger partial charge in [0.2, 0.25) is 0 Å². The van der Waals surface area contributed by atoms with Crippen LogP contribution < -0.4 is 0 Å². The maximum absolute atomic E-state index is 9.28. The average Bonchev–Trinajstić information content (AvgIpc) is 2.96. The number of hydrogen-bond donors (Lipinski definition) is 1. The quantitative estimate of drug-likeness (QED) is 0.758. The minimum atomic E-state index is -0.108. The Labute approximate surface area is 93.4 Å². The summed E-state index contributed by atoms with van der Waals surface area (Å²) in [7, 11) is 0. The van der Waals surface area contributed by atoms with Gasteiger partial charge in [0.25, 0.3) is 0 Å². The molecule has 1 aromatic carbocycles. The normalized spacial score (nSPS) is 40.1. The lowest BCUT2D eigenvalue weighted by molar-refractivity contribution is -0.0641. The van der Waals surface area contributed by atoms with E-state index in [0.717, 1.165) is 0 Å². The molecule has 4 nitrogen and oxygen atoms in total. The molecule has 3 aliphatic heterocycles. The van der Waals surface area contributed by atoms with E-state index in [1.165, 1.54) is 11.1 Å². The topological polar surface area (TPSA) is 41.9 Å². The van der Waals surface area contributed by atoms with Crippen molar-refractivity contribution in [2.75, 3.05) is 13.2 Å². The molecule has 16 heavy (non-hydrogen) atoms. The maximum atomic E-state index is 9.28. The first-order valence-corrected chi connectivity index (χ1v) is 5.64.